The Balaban J connectivity index is 2.22. The molecule has 0 fully saturated rings. The monoisotopic (exact) mass is 296 g/mol. The molecule has 3 nitrogen and oxygen atoms in total. The van der Waals surface area contributed by atoms with Crippen LogP contribution in [0.2, 0.25) is 0 Å². The first-order valence-electron chi connectivity index (χ1n) is 7.28. The largest absolute Gasteiger partial charge is 0.459 e. The molecule has 0 bridgehead atoms. The lowest BCUT2D eigenvalue weighted by Gasteiger charge is -2.16. The van der Waals surface area contributed by atoms with Crippen molar-refractivity contribution in [2.75, 3.05) is 20.1 Å². The lowest BCUT2D eigenvalue weighted by Crippen LogP contribution is -2.25. The molecule has 1 N–H and O–H groups in total. The van der Waals surface area contributed by atoms with Gasteiger partial charge in [0, 0.05) is 17.5 Å². The van der Waals surface area contributed by atoms with E-state index in [0.29, 0.717) is 13.1 Å². The third kappa shape index (κ3) is 4.25. The van der Waals surface area contributed by atoms with Crippen LogP contribution in [0.3, 0.4) is 0 Å². The zero-order valence-corrected chi connectivity index (χ0v) is 12.5. The summed E-state index contributed by atoms with van der Waals surface area (Å²) in [4.78, 5) is 1.63. The Morgan fingerprint density at radius 2 is 2.05 bits per heavy atom. The minimum absolute atomic E-state index is 0.235. The van der Waals surface area contributed by atoms with E-state index in [-0.39, 0.29) is 6.54 Å². The molecule has 1 heterocycles. The number of nitrogens with zero attached hydrogens (tertiary/aromatic N) is 1. The number of rotatable bonds is 8. The van der Waals surface area contributed by atoms with E-state index in [0.717, 1.165) is 35.3 Å². The number of para-hydroxylation sites is 1. The molecule has 0 aliphatic rings. The highest BCUT2D eigenvalue weighted by Crippen LogP contribution is 2.27. The van der Waals surface area contributed by atoms with Crippen molar-refractivity contribution in [1.82, 2.24) is 10.2 Å². The number of hydrogen-bond acceptors (Lipinski definition) is 3. The Kier molecular flexibility index (Phi) is 5.70. The Hall–Kier alpha value is -1.46. The van der Waals surface area contributed by atoms with Crippen LogP contribution in [0, 0.1) is 0 Å². The third-order valence-corrected chi connectivity index (χ3v) is 3.37. The van der Waals surface area contributed by atoms with Gasteiger partial charge in [-0.2, -0.15) is 0 Å². The Morgan fingerprint density at radius 3 is 2.76 bits per heavy atom. The molecule has 0 aliphatic heterocycles. The lowest BCUT2D eigenvalue weighted by molar-refractivity contribution is 0.0974. The van der Waals surface area contributed by atoms with Gasteiger partial charge in [0.25, 0.3) is 6.43 Å². The van der Waals surface area contributed by atoms with E-state index in [4.69, 9.17) is 4.42 Å². The second-order valence-corrected chi connectivity index (χ2v) is 5.26. The average molecular weight is 296 g/mol. The highest BCUT2D eigenvalue weighted by atomic mass is 19.3. The summed E-state index contributed by atoms with van der Waals surface area (Å²) < 4.78 is 30.9. The summed E-state index contributed by atoms with van der Waals surface area (Å²) in [7, 11) is 1.71. The number of alkyl halides is 2. The van der Waals surface area contributed by atoms with Gasteiger partial charge in [-0.25, -0.2) is 8.78 Å². The molecule has 0 atom stereocenters. The maximum atomic E-state index is 12.5. The second kappa shape index (κ2) is 7.52. The van der Waals surface area contributed by atoms with Crippen LogP contribution in [0.15, 0.2) is 28.7 Å². The van der Waals surface area contributed by atoms with Crippen LogP contribution in [0.5, 0.6) is 0 Å². The van der Waals surface area contributed by atoms with E-state index in [2.05, 4.69) is 12.2 Å². The lowest BCUT2D eigenvalue weighted by atomic mass is 10.1. The number of hydrogen-bond donors (Lipinski definition) is 1. The molecule has 1 aromatic heterocycles. The normalized spacial score (nSPS) is 11.9. The van der Waals surface area contributed by atoms with Crippen LogP contribution in [0.25, 0.3) is 11.0 Å². The fourth-order valence-electron chi connectivity index (χ4n) is 2.41. The molecule has 0 saturated carbocycles. The minimum atomic E-state index is -2.32. The highest BCUT2D eigenvalue weighted by Gasteiger charge is 2.16. The van der Waals surface area contributed by atoms with Crippen molar-refractivity contribution in [2.24, 2.45) is 0 Å². The Morgan fingerprint density at radius 1 is 1.29 bits per heavy atom. The molecular formula is C16H22F2N2O. The third-order valence-electron chi connectivity index (χ3n) is 3.37. The summed E-state index contributed by atoms with van der Waals surface area (Å²) in [6.07, 6.45) is -1.28. The maximum Gasteiger partial charge on any atom is 0.251 e. The van der Waals surface area contributed by atoms with Gasteiger partial charge in [-0.05, 0) is 26.1 Å². The van der Waals surface area contributed by atoms with Crippen molar-refractivity contribution in [3.8, 4) is 0 Å². The molecular weight excluding hydrogens is 274 g/mol. The predicted octanol–water partition coefficient (Wildman–Crippen LogP) is 3.63. The molecule has 0 amide bonds. The summed E-state index contributed by atoms with van der Waals surface area (Å²) in [5.41, 5.74) is 1.81. The van der Waals surface area contributed by atoms with Gasteiger partial charge in [0.2, 0.25) is 0 Å². The molecule has 2 aromatic rings. The molecule has 116 valence electrons. The summed E-state index contributed by atoms with van der Waals surface area (Å²) in [6.45, 7) is 3.86. The minimum Gasteiger partial charge on any atom is -0.459 e. The van der Waals surface area contributed by atoms with Crippen molar-refractivity contribution in [3.63, 3.8) is 0 Å². The molecule has 21 heavy (non-hydrogen) atoms. The molecule has 0 spiro atoms. The van der Waals surface area contributed by atoms with E-state index >= 15 is 0 Å². The number of furan rings is 1. The van der Waals surface area contributed by atoms with Gasteiger partial charge >= 0.3 is 0 Å². The SMILES string of the molecule is CCCNCc1oc2ccccc2c1CN(C)CC(F)F. The molecule has 2 rings (SSSR count). The average Bonchev–Trinajstić information content (AvgIpc) is 2.77. The zero-order valence-electron chi connectivity index (χ0n) is 12.5. The van der Waals surface area contributed by atoms with E-state index < -0.39 is 6.43 Å². The van der Waals surface area contributed by atoms with Crippen molar-refractivity contribution in [3.05, 3.63) is 35.6 Å². The van der Waals surface area contributed by atoms with Crippen LogP contribution >= 0.6 is 0 Å². The molecule has 5 heteroatoms. The van der Waals surface area contributed by atoms with Gasteiger partial charge in [-0.15, -0.1) is 0 Å². The summed E-state index contributed by atoms with van der Waals surface area (Å²) in [5, 5.41) is 4.31. The summed E-state index contributed by atoms with van der Waals surface area (Å²) in [5.74, 6) is 0.839. The van der Waals surface area contributed by atoms with E-state index in [9.17, 15) is 8.78 Å². The summed E-state index contributed by atoms with van der Waals surface area (Å²) in [6, 6.07) is 7.75. The van der Waals surface area contributed by atoms with Gasteiger partial charge in [-0.1, -0.05) is 25.1 Å². The first-order valence-corrected chi connectivity index (χ1v) is 7.28. The van der Waals surface area contributed by atoms with Crippen molar-refractivity contribution < 1.29 is 13.2 Å². The maximum absolute atomic E-state index is 12.5. The smallest absolute Gasteiger partial charge is 0.251 e. The fraction of sp³-hybridized carbons (Fsp3) is 0.500. The van der Waals surface area contributed by atoms with E-state index in [1.807, 2.05) is 24.3 Å². The Labute approximate surface area is 123 Å². The molecule has 1 aromatic carbocycles. The number of nitrogens with one attached hydrogen (secondary N) is 1. The number of benzene rings is 1. The van der Waals surface area contributed by atoms with Gasteiger partial charge in [0.05, 0.1) is 13.1 Å². The predicted molar refractivity (Wildman–Crippen MR) is 80.5 cm³/mol. The number of halogens is 2. The molecule has 0 saturated heterocycles. The van der Waals surface area contributed by atoms with E-state index in [1.165, 1.54) is 0 Å². The topological polar surface area (TPSA) is 28.4 Å². The van der Waals surface area contributed by atoms with Gasteiger partial charge in [0.1, 0.15) is 11.3 Å². The molecule has 0 radical (unpaired) electrons. The Bertz CT molecular complexity index is 568. The standard InChI is InChI=1S/C16H22F2N2O/c1-3-8-19-9-15-13(10-20(2)11-16(17)18)12-6-4-5-7-14(12)21-15/h4-7,16,19H,3,8-11H2,1-2H3. The van der Waals surface area contributed by atoms with Gasteiger partial charge in [0.15, 0.2) is 0 Å². The molecule has 0 unspecified atom stereocenters. The zero-order chi connectivity index (χ0) is 15.2. The first kappa shape index (κ1) is 15.9. The van der Waals surface area contributed by atoms with Gasteiger partial charge in [-0.3, -0.25) is 4.90 Å². The van der Waals surface area contributed by atoms with Gasteiger partial charge < -0.3 is 9.73 Å². The summed E-state index contributed by atoms with van der Waals surface area (Å²) >= 11 is 0. The highest BCUT2D eigenvalue weighted by molar-refractivity contribution is 5.82. The van der Waals surface area contributed by atoms with Crippen LogP contribution in [-0.2, 0) is 13.1 Å². The number of fused-ring (bicyclic) bond motifs is 1. The van der Waals surface area contributed by atoms with Crippen LogP contribution in [0.4, 0.5) is 8.78 Å². The van der Waals surface area contributed by atoms with Crippen LogP contribution in [-0.4, -0.2) is 31.5 Å². The molecule has 0 aliphatic carbocycles. The van der Waals surface area contributed by atoms with E-state index in [1.54, 1.807) is 11.9 Å². The quantitative estimate of drug-likeness (QED) is 0.754. The van der Waals surface area contributed by atoms with Crippen molar-refractivity contribution in [2.45, 2.75) is 32.9 Å². The van der Waals surface area contributed by atoms with Crippen LogP contribution < -0.4 is 5.32 Å². The fourth-order valence-corrected chi connectivity index (χ4v) is 2.41. The first-order chi connectivity index (χ1) is 10.1. The van der Waals surface area contributed by atoms with Crippen molar-refractivity contribution >= 4 is 11.0 Å². The van der Waals surface area contributed by atoms with Crippen LogP contribution in [0.1, 0.15) is 24.7 Å². The van der Waals surface area contributed by atoms with Crippen molar-refractivity contribution in [1.29, 1.82) is 0 Å². The second-order valence-electron chi connectivity index (χ2n) is 5.26.